The van der Waals surface area contributed by atoms with E-state index < -0.39 is 12.1 Å². The highest BCUT2D eigenvalue weighted by atomic mass is 79.9. The number of aliphatic carboxylic acids is 1. The molecule has 4 aliphatic carbocycles. The molecule has 34 heavy (non-hydrogen) atoms. The maximum Gasteiger partial charge on any atom is 0.324 e. The fraction of sp³-hybridized carbons (Fsp3) is 0.923. The summed E-state index contributed by atoms with van der Waals surface area (Å²) in [6.45, 7) is 6.33. The van der Waals surface area contributed by atoms with E-state index in [0.29, 0.717) is 18.8 Å². The second-order valence-electron chi connectivity index (χ2n) is 12.3. The number of nitrogens with zero attached hydrogens (tertiary/aromatic N) is 1. The molecule has 0 saturated heterocycles. The summed E-state index contributed by atoms with van der Waals surface area (Å²) < 4.78 is 1.08. The highest BCUT2D eigenvalue weighted by Gasteiger charge is 2.65. The van der Waals surface area contributed by atoms with E-state index in [4.69, 9.17) is 5.11 Å². The number of carbonyl (C=O) groups is 2. The van der Waals surface area contributed by atoms with Gasteiger partial charge < -0.3 is 20.4 Å². The average Bonchev–Trinajstić information content (AvgIpc) is 3.12. The molecule has 4 saturated carbocycles. The Kier molecular flexibility index (Phi) is 7.47. The molecular formula is C26H42BrNO6. The van der Waals surface area contributed by atoms with Crippen LogP contribution in [0.3, 0.4) is 0 Å². The molecule has 0 aromatic carbocycles. The second-order valence-corrected chi connectivity index (χ2v) is 13.2. The highest BCUT2D eigenvalue weighted by Crippen LogP contribution is 2.68. The van der Waals surface area contributed by atoms with E-state index in [0.717, 1.165) is 42.5 Å². The topological polar surface area (TPSA) is 118 Å². The van der Waals surface area contributed by atoms with E-state index in [9.17, 15) is 24.9 Å². The zero-order chi connectivity index (χ0) is 25.0. The molecule has 0 bridgehead atoms. The number of carboxylic acid groups (broad SMARTS) is 1. The van der Waals surface area contributed by atoms with Crippen molar-refractivity contribution in [3.8, 4) is 0 Å². The van der Waals surface area contributed by atoms with E-state index in [1.807, 2.05) is 0 Å². The lowest BCUT2D eigenvalue weighted by atomic mass is 9.43. The summed E-state index contributed by atoms with van der Waals surface area (Å²) in [5.74, 6) is 0.193. The second kappa shape index (κ2) is 9.64. The van der Waals surface area contributed by atoms with Crippen molar-refractivity contribution in [3.05, 3.63) is 0 Å². The molecule has 11 atom stereocenters. The Hall–Kier alpha value is -0.700. The smallest absolute Gasteiger partial charge is 0.324 e. The average molecular weight is 545 g/mol. The lowest BCUT2D eigenvalue weighted by molar-refractivity contribution is -0.207. The SMILES string of the molecule is C[C@H](CCC(=O)N(Br)CC(=O)O)[C@H]1CCC2C3C(C[C@H](O)[C@@]21C)[C@@]1(C)CC[C@@H](O)C[C@H]1C[C@H]3O. The van der Waals surface area contributed by atoms with Gasteiger partial charge in [0.25, 0.3) is 0 Å². The standard InChI is InChI=1S/C26H42BrNO6/c1-14(4-7-22(32)28(27)13-23(33)34)17-5-6-18-24-19(12-21(31)26(17,18)3)25(2)9-8-16(29)10-15(25)11-20(24)30/h14-21,24,29-31H,4-13H2,1-3H3,(H,33,34)/t14-,15+,16-,17-,18?,19?,20-,21+,24?,25+,26-/m1/s1. The van der Waals surface area contributed by atoms with Gasteiger partial charge in [-0.05, 0) is 97.7 Å². The maximum atomic E-state index is 12.4. The van der Waals surface area contributed by atoms with Crippen LogP contribution in [0.5, 0.6) is 0 Å². The third-order valence-electron chi connectivity index (χ3n) is 10.9. The van der Waals surface area contributed by atoms with Crippen LogP contribution in [0.1, 0.15) is 78.6 Å². The molecule has 0 aromatic rings. The zero-order valence-electron chi connectivity index (χ0n) is 20.7. The van der Waals surface area contributed by atoms with Crippen LogP contribution in [0.2, 0.25) is 0 Å². The predicted molar refractivity (Wildman–Crippen MR) is 131 cm³/mol. The molecule has 1 amide bonds. The summed E-state index contributed by atoms with van der Waals surface area (Å²) in [6, 6.07) is 0. The van der Waals surface area contributed by atoms with Gasteiger partial charge in [-0.1, -0.05) is 20.8 Å². The van der Waals surface area contributed by atoms with Crippen LogP contribution in [0.4, 0.5) is 0 Å². The number of amides is 1. The van der Waals surface area contributed by atoms with Crippen molar-refractivity contribution < 1.29 is 30.0 Å². The van der Waals surface area contributed by atoms with Gasteiger partial charge in [0, 0.05) is 6.42 Å². The fourth-order valence-corrected chi connectivity index (χ4v) is 9.40. The first-order valence-electron chi connectivity index (χ1n) is 13.1. The van der Waals surface area contributed by atoms with Gasteiger partial charge >= 0.3 is 5.97 Å². The molecule has 4 fully saturated rings. The van der Waals surface area contributed by atoms with Gasteiger partial charge in [0.2, 0.25) is 5.91 Å². The van der Waals surface area contributed by atoms with Crippen LogP contribution in [0.25, 0.3) is 0 Å². The van der Waals surface area contributed by atoms with Crippen molar-refractivity contribution in [2.45, 2.75) is 96.9 Å². The molecule has 0 aromatic heterocycles. The Morgan fingerprint density at radius 1 is 1.06 bits per heavy atom. The molecule has 0 spiro atoms. The van der Waals surface area contributed by atoms with E-state index in [2.05, 4.69) is 36.9 Å². The number of rotatable bonds is 6. The Morgan fingerprint density at radius 3 is 2.44 bits per heavy atom. The number of fused-ring (bicyclic) bond motifs is 5. The van der Waals surface area contributed by atoms with Gasteiger partial charge in [-0.3, -0.25) is 13.5 Å². The van der Waals surface area contributed by atoms with Crippen LogP contribution in [-0.4, -0.2) is 61.1 Å². The maximum absolute atomic E-state index is 12.4. The quantitative estimate of drug-likeness (QED) is 0.380. The highest BCUT2D eigenvalue weighted by molar-refractivity contribution is 9.07. The number of halogens is 1. The van der Waals surface area contributed by atoms with E-state index in [-0.39, 0.29) is 71.5 Å². The number of hydrogen-bond donors (Lipinski definition) is 4. The van der Waals surface area contributed by atoms with Gasteiger partial charge in [-0.25, -0.2) is 0 Å². The van der Waals surface area contributed by atoms with Crippen molar-refractivity contribution >= 4 is 28.0 Å². The lowest BCUT2D eigenvalue weighted by Gasteiger charge is -2.63. The van der Waals surface area contributed by atoms with Crippen LogP contribution < -0.4 is 0 Å². The number of carbonyl (C=O) groups excluding carboxylic acids is 1. The van der Waals surface area contributed by atoms with Crippen molar-refractivity contribution in [3.63, 3.8) is 0 Å². The minimum absolute atomic E-state index is 0.0605. The normalized spacial score (nSPS) is 46.7. The van der Waals surface area contributed by atoms with Gasteiger partial charge in [0.1, 0.15) is 6.54 Å². The molecule has 4 aliphatic rings. The Balaban J connectivity index is 1.49. The van der Waals surface area contributed by atoms with Crippen LogP contribution in [0, 0.1) is 46.3 Å². The first-order chi connectivity index (χ1) is 15.9. The van der Waals surface area contributed by atoms with E-state index in [1.54, 1.807) is 0 Å². The summed E-state index contributed by atoms with van der Waals surface area (Å²) in [5, 5.41) is 42.2. The Morgan fingerprint density at radius 2 is 1.76 bits per heavy atom. The van der Waals surface area contributed by atoms with Crippen LogP contribution in [-0.2, 0) is 9.59 Å². The molecule has 8 heteroatoms. The molecule has 7 nitrogen and oxygen atoms in total. The number of carboxylic acids is 1. The molecule has 0 heterocycles. The lowest BCUT2D eigenvalue weighted by Crippen LogP contribution is -2.62. The fourth-order valence-electron chi connectivity index (χ4n) is 9.01. The molecule has 0 aliphatic heterocycles. The monoisotopic (exact) mass is 543 g/mol. The van der Waals surface area contributed by atoms with E-state index >= 15 is 0 Å². The predicted octanol–water partition coefficient (Wildman–Crippen LogP) is 3.59. The summed E-state index contributed by atoms with van der Waals surface area (Å²) in [4.78, 5) is 23.2. The minimum Gasteiger partial charge on any atom is -0.480 e. The summed E-state index contributed by atoms with van der Waals surface area (Å²) in [6.07, 6.45) is 5.76. The Labute approximate surface area is 211 Å². The van der Waals surface area contributed by atoms with E-state index in [1.165, 1.54) is 0 Å². The van der Waals surface area contributed by atoms with Crippen molar-refractivity contribution in [2.24, 2.45) is 46.3 Å². The molecular weight excluding hydrogens is 502 g/mol. The zero-order valence-corrected chi connectivity index (χ0v) is 22.3. The van der Waals surface area contributed by atoms with Crippen molar-refractivity contribution in [1.82, 2.24) is 3.93 Å². The largest absolute Gasteiger partial charge is 0.480 e. The van der Waals surface area contributed by atoms with Crippen LogP contribution in [0.15, 0.2) is 0 Å². The number of aliphatic hydroxyl groups is 3. The summed E-state index contributed by atoms with van der Waals surface area (Å²) in [5.41, 5.74) is -0.234. The van der Waals surface area contributed by atoms with Gasteiger partial charge in [-0.15, -0.1) is 0 Å². The molecule has 4 N–H and O–H groups in total. The van der Waals surface area contributed by atoms with Crippen molar-refractivity contribution in [2.75, 3.05) is 6.54 Å². The molecule has 0 radical (unpaired) electrons. The van der Waals surface area contributed by atoms with Gasteiger partial charge in [0.15, 0.2) is 0 Å². The third-order valence-corrected chi connectivity index (χ3v) is 11.5. The van der Waals surface area contributed by atoms with Gasteiger partial charge in [-0.2, -0.15) is 0 Å². The Bertz CT molecular complexity index is 795. The number of aliphatic hydroxyl groups excluding tert-OH is 3. The molecule has 194 valence electrons. The first kappa shape index (κ1) is 26.4. The first-order valence-corrected chi connectivity index (χ1v) is 13.8. The molecule has 4 rings (SSSR count). The van der Waals surface area contributed by atoms with Gasteiger partial charge in [0.05, 0.1) is 34.5 Å². The molecule has 3 unspecified atom stereocenters. The summed E-state index contributed by atoms with van der Waals surface area (Å²) >= 11 is 3.05. The van der Waals surface area contributed by atoms with Crippen molar-refractivity contribution in [1.29, 1.82) is 0 Å². The van der Waals surface area contributed by atoms with Crippen LogP contribution >= 0.6 is 16.1 Å². The third kappa shape index (κ3) is 4.35. The minimum atomic E-state index is -1.06. The summed E-state index contributed by atoms with van der Waals surface area (Å²) in [7, 11) is 0. The number of hydrogen-bond acceptors (Lipinski definition) is 5.